The van der Waals surface area contributed by atoms with Gasteiger partial charge in [0.15, 0.2) is 0 Å². The van der Waals surface area contributed by atoms with Crippen molar-refractivity contribution in [2.24, 2.45) is 17.8 Å². The Morgan fingerprint density at radius 3 is 2.57 bits per heavy atom. The fourth-order valence-corrected chi connectivity index (χ4v) is 2.69. The highest BCUT2D eigenvalue weighted by atomic mass is 16.3. The molecule has 1 aliphatic rings. The minimum absolute atomic E-state index is 0.317. The quantitative estimate of drug-likeness (QED) is 0.714. The number of hydrogen-bond acceptors (Lipinski definition) is 2. The first kappa shape index (κ1) is 12.0. The van der Waals surface area contributed by atoms with Gasteiger partial charge in [-0.15, -0.1) is 0 Å². The molecule has 0 aromatic heterocycles. The summed E-state index contributed by atoms with van der Waals surface area (Å²) < 4.78 is 0. The van der Waals surface area contributed by atoms with Crippen LogP contribution in [0.25, 0.3) is 0 Å². The molecule has 0 radical (unpaired) electrons. The molecule has 1 fully saturated rings. The second-order valence-electron chi connectivity index (χ2n) is 4.93. The van der Waals surface area contributed by atoms with E-state index in [2.05, 4.69) is 6.92 Å². The highest BCUT2D eigenvalue weighted by Gasteiger charge is 2.22. The van der Waals surface area contributed by atoms with E-state index in [0.29, 0.717) is 25.0 Å². The summed E-state index contributed by atoms with van der Waals surface area (Å²) in [6.45, 7) is 2.90. The molecule has 0 heterocycles. The summed E-state index contributed by atoms with van der Waals surface area (Å²) in [6.07, 6.45) is 7.18. The average Bonchev–Trinajstić information content (AvgIpc) is 2.18. The molecule has 1 saturated carbocycles. The molecule has 14 heavy (non-hydrogen) atoms. The molecule has 0 saturated heterocycles. The van der Waals surface area contributed by atoms with Crippen LogP contribution in [0.4, 0.5) is 0 Å². The second-order valence-corrected chi connectivity index (χ2v) is 4.93. The van der Waals surface area contributed by atoms with Gasteiger partial charge in [0.1, 0.15) is 0 Å². The first-order valence-corrected chi connectivity index (χ1v) is 5.98. The first-order chi connectivity index (χ1) is 6.76. The maximum Gasteiger partial charge on any atom is 0.0459 e. The zero-order valence-corrected chi connectivity index (χ0v) is 9.28. The minimum Gasteiger partial charge on any atom is -0.396 e. The molecule has 0 aromatic rings. The van der Waals surface area contributed by atoms with Crippen molar-refractivity contribution < 1.29 is 10.2 Å². The van der Waals surface area contributed by atoms with Gasteiger partial charge in [-0.05, 0) is 43.4 Å². The molecule has 0 aromatic carbocycles. The Kier molecular flexibility index (Phi) is 5.49. The molecule has 2 N–H and O–H groups in total. The van der Waals surface area contributed by atoms with Crippen LogP contribution >= 0.6 is 0 Å². The van der Waals surface area contributed by atoms with Crippen molar-refractivity contribution in [1.82, 2.24) is 0 Å². The van der Waals surface area contributed by atoms with Crippen molar-refractivity contribution in [3.8, 4) is 0 Å². The minimum atomic E-state index is 0.317. The maximum absolute atomic E-state index is 9.11. The van der Waals surface area contributed by atoms with E-state index in [1.54, 1.807) is 0 Å². The summed E-state index contributed by atoms with van der Waals surface area (Å²) in [5.74, 6) is 1.99. The molecule has 84 valence electrons. The van der Waals surface area contributed by atoms with Crippen LogP contribution in [0.15, 0.2) is 0 Å². The molecule has 3 unspecified atom stereocenters. The van der Waals surface area contributed by atoms with Crippen LogP contribution in [0.5, 0.6) is 0 Å². The predicted molar refractivity (Wildman–Crippen MR) is 58.0 cm³/mol. The van der Waals surface area contributed by atoms with Crippen molar-refractivity contribution in [2.45, 2.75) is 45.4 Å². The van der Waals surface area contributed by atoms with Gasteiger partial charge in [-0.25, -0.2) is 0 Å². The van der Waals surface area contributed by atoms with E-state index in [1.165, 1.54) is 32.1 Å². The van der Waals surface area contributed by atoms with Gasteiger partial charge in [-0.1, -0.05) is 19.8 Å². The molecule has 2 nitrogen and oxygen atoms in total. The van der Waals surface area contributed by atoms with Crippen LogP contribution in [0.2, 0.25) is 0 Å². The van der Waals surface area contributed by atoms with E-state index in [9.17, 15) is 0 Å². The smallest absolute Gasteiger partial charge is 0.0459 e. The van der Waals surface area contributed by atoms with Crippen LogP contribution in [0, 0.1) is 17.8 Å². The Morgan fingerprint density at radius 1 is 1.21 bits per heavy atom. The lowest BCUT2D eigenvalue weighted by Crippen LogP contribution is -2.20. The van der Waals surface area contributed by atoms with Crippen molar-refractivity contribution in [3.63, 3.8) is 0 Å². The van der Waals surface area contributed by atoms with Crippen molar-refractivity contribution >= 4 is 0 Å². The monoisotopic (exact) mass is 200 g/mol. The van der Waals surface area contributed by atoms with E-state index >= 15 is 0 Å². The lowest BCUT2D eigenvalue weighted by Gasteiger charge is -2.29. The number of rotatable bonds is 5. The summed E-state index contributed by atoms with van der Waals surface area (Å²) >= 11 is 0. The largest absolute Gasteiger partial charge is 0.396 e. The number of aliphatic hydroxyl groups is 2. The van der Waals surface area contributed by atoms with Crippen LogP contribution < -0.4 is 0 Å². The summed E-state index contributed by atoms with van der Waals surface area (Å²) in [7, 11) is 0. The molecule has 1 aliphatic carbocycles. The van der Waals surface area contributed by atoms with Crippen molar-refractivity contribution in [1.29, 1.82) is 0 Å². The number of hydrogen-bond donors (Lipinski definition) is 2. The highest BCUT2D eigenvalue weighted by Crippen LogP contribution is 2.33. The lowest BCUT2D eigenvalue weighted by molar-refractivity contribution is 0.145. The van der Waals surface area contributed by atoms with Crippen molar-refractivity contribution in [3.05, 3.63) is 0 Å². The van der Waals surface area contributed by atoms with E-state index < -0.39 is 0 Å². The van der Waals surface area contributed by atoms with E-state index in [0.717, 1.165) is 12.3 Å². The van der Waals surface area contributed by atoms with Gasteiger partial charge in [0.2, 0.25) is 0 Å². The van der Waals surface area contributed by atoms with E-state index in [-0.39, 0.29) is 0 Å². The molecule has 0 amide bonds. The summed E-state index contributed by atoms with van der Waals surface area (Å²) in [6, 6.07) is 0. The predicted octanol–water partition coefficient (Wildman–Crippen LogP) is 2.19. The summed E-state index contributed by atoms with van der Waals surface area (Å²) in [5, 5.41) is 17.9. The molecule has 0 spiro atoms. The Labute approximate surface area is 87.3 Å². The Bertz CT molecular complexity index is 147. The zero-order chi connectivity index (χ0) is 10.4. The van der Waals surface area contributed by atoms with Crippen LogP contribution in [0.3, 0.4) is 0 Å². The van der Waals surface area contributed by atoms with Crippen LogP contribution in [0.1, 0.15) is 45.4 Å². The standard InChI is InChI=1S/C12H24O2/c1-10(5-6-13)7-11-3-2-4-12(8-11)9-14/h10-14H,2-9H2,1H3. The molecule has 1 rings (SSSR count). The average molecular weight is 200 g/mol. The maximum atomic E-state index is 9.11. The Hall–Kier alpha value is -0.0800. The topological polar surface area (TPSA) is 40.5 Å². The lowest BCUT2D eigenvalue weighted by atomic mass is 9.77. The third-order valence-corrected chi connectivity index (χ3v) is 3.51. The van der Waals surface area contributed by atoms with Gasteiger partial charge in [-0.3, -0.25) is 0 Å². The SMILES string of the molecule is CC(CCO)CC1CCCC(CO)C1. The summed E-state index contributed by atoms with van der Waals surface area (Å²) in [5.41, 5.74) is 0. The molecule has 2 heteroatoms. The van der Waals surface area contributed by atoms with Gasteiger partial charge in [0.05, 0.1) is 0 Å². The molecular formula is C12H24O2. The van der Waals surface area contributed by atoms with Crippen LogP contribution in [-0.2, 0) is 0 Å². The van der Waals surface area contributed by atoms with Gasteiger partial charge in [0.25, 0.3) is 0 Å². The Balaban J connectivity index is 2.22. The summed E-state index contributed by atoms with van der Waals surface area (Å²) in [4.78, 5) is 0. The fraction of sp³-hybridized carbons (Fsp3) is 1.00. The van der Waals surface area contributed by atoms with Gasteiger partial charge >= 0.3 is 0 Å². The zero-order valence-electron chi connectivity index (χ0n) is 9.28. The molecule has 0 aliphatic heterocycles. The fourth-order valence-electron chi connectivity index (χ4n) is 2.69. The normalized spacial score (nSPS) is 30.2. The first-order valence-electron chi connectivity index (χ1n) is 5.98. The third kappa shape index (κ3) is 3.97. The highest BCUT2D eigenvalue weighted by molar-refractivity contribution is 4.74. The molecule has 3 atom stereocenters. The second kappa shape index (κ2) is 6.41. The molecule has 0 bridgehead atoms. The van der Waals surface area contributed by atoms with Crippen LogP contribution in [-0.4, -0.2) is 23.4 Å². The molecular weight excluding hydrogens is 176 g/mol. The van der Waals surface area contributed by atoms with Gasteiger partial charge < -0.3 is 10.2 Å². The Morgan fingerprint density at radius 2 is 1.93 bits per heavy atom. The van der Waals surface area contributed by atoms with E-state index in [4.69, 9.17) is 10.2 Å². The van der Waals surface area contributed by atoms with Gasteiger partial charge in [-0.2, -0.15) is 0 Å². The third-order valence-electron chi connectivity index (χ3n) is 3.51. The van der Waals surface area contributed by atoms with Crippen molar-refractivity contribution in [2.75, 3.05) is 13.2 Å². The van der Waals surface area contributed by atoms with Gasteiger partial charge in [0, 0.05) is 13.2 Å². The van der Waals surface area contributed by atoms with E-state index in [1.807, 2.05) is 0 Å². The number of aliphatic hydroxyl groups excluding tert-OH is 2.